The van der Waals surface area contributed by atoms with Gasteiger partial charge in [-0.2, -0.15) is 0 Å². The minimum absolute atomic E-state index is 0. The van der Waals surface area contributed by atoms with Gasteiger partial charge in [0.1, 0.15) is 0 Å². The molecule has 36 nitrogen and oxygen atoms in total. The molecule has 7 aliphatic heterocycles. The first-order chi connectivity index (χ1) is 55.3. The minimum atomic E-state index is 0. The van der Waals surface area contributed by atoms with E-state index in [4.69, 9.17) is 123 Å². The fraction of sp³-hybridized carbons (Fsp3) is 0.974. The summed E-state index contributed by atoms with van der Waals surface area (Å²) < 4.78 is 141. The number of nitrogens with one attached hydrogen (secondary N) is 3. The van der Waals surface area contributed by atoms with Crippen LogP contribution in [0.1, 0.15) is 0 Å². The van der Waals surface area contributed by atoms with Crippen molar-refractivity contribution in [2.45, 2.75) is 0 Å². The van der Waals surface area contributed by atoms with Crippen molar-refractivity contribution in [2.24, 2.45) is 0 Å². The van der Waals surface area contributed by atoms with Crippen LogP contribution in [0, 0.1) is 13.8 Å². The van der Waals surface area contributed by atoms with Crippen LogP contribution in [0.4, 0.5) is 0 Å². The molecular formula is C76H158Li3N10O26-. The molecule has 0 amide bonds. The summed E-state index contributed by atoms with van der Waals surface area (Å²) in [4.78, 5) is 9.23. The molecule has 0 spiro atoms. The molecule has 0 radical (unpaired) electrons. The van der Waals surface area contributed by atoms with E-state index in [1.165, 1.54) is 0 Å². The standard InChI is InChI=1S/C16H33N3O4.C16H32N2O4.C12H25NO5.C12H24NO5.C10H21NO4.C10H20NO4.3Li.H3N/c1-3-18-5-9-20-13-15-22-11-7-19(4-2-17-1)8-12-23-16-14-21-10-6-18;1-3-17-5-9-19-13-15-21-11-7-18(4-2)8-12-22-16-14-20-10-6-17;2*1-3-14-5-7-16-9-11-18-12-10-17-8-6-15-4-2-13-1;2*1-3-12-5-7-14-9-10-15-8-6-13-4-2-11-1;;;;/h17H,1-16H2;1-16H2;13H,1-12H2;1-12H2;11H,1-10H2;1-10H2;;;;1H3/q;-2;;-1;;-1;3*+1;. The van der Waals surface area contributed by atoms with E-state index in [-0.39, 0.29) is 62.7 Å². The molecule has 7 fully saturated rings. The zero-order chi connectivity index (χ0) is 78.6. The molecule has 6 N–H and O–H groups in total. The van der Waals surface area contributed by atoms with Crippen LogP contribution in [0.5, 0.6) is 0 Å². The molecule has 2 bridgehead atoms. The second-order valence-corrected chi connectivity index (χ2v) is 24.9. The van der Waals surface area contributed by atoms with E-state index in [1.54, 1.807) is 0 Å². The van der Waals surface area contributed by atoms with Crippen LogP contribution in [0.2, 0.25) is 0 Å². The van der Waals surface area contributed by atoms with Gasteiger partial charge in [0, 0.05) is 131 Å². The molecule has 115 heavy (non-hydrogen) atoms. The first-order valence-electron chi connectivity index (χ1n) is 41.2. The van der Waals surface area contributed by atoms with Gasteiger partial charge in [-0.1, -0.05) is 0 Å². The summed E-state index contributed by atoms with van der Waals surface area (Å²) in [5, 5.41) is 18.5. The van der Waals surface area contributed by atoms with Gasteiger partial charge in [0.25, 0.3) is 0 Å². The van der Waals surface area contributed by atoms with Crippen LogP contribution < -0.4 is 78.7 Å². The molecule has 7 heterocycles. The first-order valence-corrected chi connectivity index (χ1v) is 41.2. The molecule has 0 aliphatic carbocycles. The summed E-state index contributed by atoms with van der Waals surface area (Å²) in [5.74, 6) is 0. The van der Waals surface area contributed by atoms with Crippen molar-refractivity contribution in [2.75, 3.05) is 488 Å². The SMILES string of the molecule is C1CN2CCOCCOCCN(CCN1)CCOCCOCC2.C1COCCOCCOCCOCCN1.C1COCCOCCOCCOCCOCCN1.C1COCCOCCOCCOCCOCC[N-]1.C1COCCOCCOCCOCC[N-]1.N.[CH2-]CN1CCOCCOCCN(C[CH2-])CCOCCOCC1.[Li+].[Li+].[Li+]. The van der Waals surface area contributed by atoms with Crippen molar-refractivity contribution in [3.63, 3.8) is 0 Å². The van der Waals surface area contributed by atoms with Crippen molar-refractivity contribution in [3.05, 3.63) is 24.5 Å². The number of hydrogen-bond acceptors (Lipinski definition) is 34. The number of hydrogen-bond donors (Lipinski definition) is 4. The largest absolute Gasteiger partial charge is 1.00 e. The van der Waals surface area contributed by atoms with Crippen LogP contribution >= 0.6 is 0 Å². The molecule has 7 aliphatic rings. The second-order valence-electron chi connectivity index (χ2n) is 24.9. The predicted molar refractivity (Wildman–Crippen MR) is 428 cm³/mol. The molecule has 672 valence electrons. The van der Waals surface area contributed by atoms with Gasteiger partial charge in [0.05, 0.1) is 317 Å². The average Bonchev–Trinajstić information content (AvgIpc) is 1.96. The van der Waals surface area contributed by atoms with E-state index in [2.05, 4.69) is 60.0 Å². The van der Waals surface area contributed by atoms with Crippen molar-refractivity contribution in [1.82, 2.24) is 41.7 Å². The van der Waals surface area contributed by atoms with Gasteiger partial charge in [-0.05, 0) is 0 Å². The smallest absolute Gasteiger partial charge is 0.659 e. The number of ether oxygens (including phenoxy) is 26. The maximum Gasteiger partial charge on any atom is 1.00 e. The van der Waals surface area contributed by atoms with E-state index in [9.17, 15) is 0 Å². The molecule has 0 aromatic heterocycles. The van der Waals surface area contributed by atoms with Crippen molar-refractivity contribution < 1.29 is 180 Å². The molecular weight excluding hydrogens is 1490 g/mol. The number of rotatable bonds is 2. The fourth-order valence-electron chi connectivity index (χ4n) is 9.83. The monoisotopic (exact) mass is 1650 g/mol. The Labute approximate surface area is 729 Å². The number of nitrogens with zero attached hydrogens (tertiary/aromatic N) is 6. The Hall–Kier alpha value is 0.352. The van der Waals surface area contributed by atoms with Crippen LogP contribution in [-0.2, 0) is 123 Å². The maximum absolute atomic E-state index is 5.67. The first kappa shape index (κ1) is 119. The molecule has 39 heteroatoms. The Morgan fingerprint density at radius 3 is 0.487 bits per heavy atom. The van der Waals surface area contributed by atoms with Crippen molar-refractivity contribution in [1.29, 1.82) is 0 Å². The topological polar surface area (TPSA) is 352 Å². The zero-order valence-corrected chi connectivity index (χ0v) is 72.2. The van der Waals surface area contributed by atoms with Gasteiger partial charge in [0.15, 0.2) is 0 Å². The second kappa shape index (κ2) is 107. The Morgan fingerprint density at radius 1 is 0.174 bits per heavy atom. The van der Waals surface area contributed by atoms with E-state index >= 15 is 0 Å². The molecule has 0 atom stereocenters. The van der Waals surface area contributed by atoms with E-state index < -0.39 is 0 Å². The van der Waals surface area contributed by atoms with Crippen LogP contribution in [-0.4, -0.2) is 507 Å². The van der Waals surface area contributed by atoms with Crippen LogP contribution in [0.15, 0.2) is 0 Å². The third kappa shape index (κ3) is 96.4. The Bertz CT molecular complexity index is 1340. The summed E-state index contributed by atoms with van der Waals surface area (Å²) in [5.41, 5.74) is 0. The Morgan fingerprint density at radius 2 is 0.313 bits per heavy atom. The maximum atomic E-state index is 5.67. The molecule has 0 aromatic rings. The average molecular weight is 1650 g/mol. The summed E-state index contributed by atoms with van der Waals surface area (Å²) >= 11 is 0. The van der Waals surface area contributed by atoms with Crippen molar-refractivity contribution >= 4 is 0 Å². The summed E-state index contributed by atoms with van der Waals surface area (Å²) in [6.07, 6.45) is 0. The van der Waals surface area contributed by atoms with Crippen molar-refractivity contribution in [3.8, 4) is 0 Å². The van der Waals surface area contributed by atoms with E-state index in [0.717, 1.165) is 171 Å². The summed E-state index contributed by atoms with van der Waals surface area (Å²) in [7, 11) is 0. The minimum Gasteiger partial charge on any atom is -0.659 e. The van der Waals surface area contributed by atoms with Crippen LogP contribution in [0.25, 0.3) is 10.6 Å². The van der Waals surface area contributed by atoms with E-state index in [0.29, 0.717) is 317 Å². The van der Waals surface area contributed by atoms with Gasteiger partial charge in [0.2, 0.25) is 0 Å². The molecule has 7 rings (SSSR count). The number of fused-ring (bicyclic) bond motifs is 6. The van der Waals surface area contributed by atoms with Gasteiger partial charge in [-0.3, -0.25) is 9.80 Å². The third-order valence-electron chi connectivity index (χ3n) is 16.2. The zero-order valence-electron chi connectivity index (χ0n) is 72.2. The molecule has 0 aromatic carbocycles. The quantitative estimate of drug-likeness (QED) is 0.113. The fourth-order valence-corrected chi connectivity index (χ4v) is 9.83. The van der Waals surface area contributed by atoms with Gasteiger partial charge in [-0.15, -0.1) is 39.3 Å². The van der Waals surface area contributed by atoms with E-state index in [1.807, 2.05) is 0 Å². The summed E-state index contributed by atoms with van der Waals surface area (Å²) in [6.45, 7) is 60.7. The predicted octanol–water partition coefficient (Wildman–Crippen LogP) is -8.99. The summed E-state index contributed by atoms with van der Waals surface area (Å²) in [6, 6.07) is 0. The third-order valence-corrected chi connectivity index (χ3v) is 16.2. The Balaban J connectivity index is -0.00000131. The molecule has 0 unspecified atom stereocenters. The van der Waals surface area contributed by atoms with Gasteiger partial charge in [-0.25, -0.2) is 0 Å². The normalized spacial score (nSPS) is 24.6. The van der Waals surface area contributed by atoms with Crippen LogP contribution in [0.3, 0.4) is 0 Å². The van der Waals surface area contributed by atoms with Gasteiger partial charge >= 0.3 is 56.6 Å². The molecule has 0 saturated carbocycles. The Kier molecular flexibility index (Phi) is 111. The van der Waals surface area contributed by atoms with Gasteiger partial charge < -0.3 is 180 Å². The molecule has 7 saturated heterocycles.